The van der Waals surface area contributed by atoms with Crippen LogP contribution in [0.3, 0.4) is 0 Å². The van der Waals surface area contributed by atoms with Gasteiger partial charge in [0.15, 0.2) is 0 Å². The molecule has 1 N–H and O–H groups in total. The van der Waals surface area contributed by atoms with Crippen LogP contribution in [0.1, 0.15) is 0 Å². The molecule has 0 aliphatic heterocycles. The van der Waals surface area contributed by atoms with E-state index in [4.69, 9.17) is 14.6 Å². The third kappa shape index (κ3) is 7.62. The first kappa shape index (κ1) is 8.62. The molecule has 0 rings (SSSR count). The molecule has 3 nitrogen and oxygen atoms in total. The van der Waals surface area contributed by atoms with Crippen molar-refractivity contribution >= 4 is 0 Å². The van der Waals surface area contributed by atoms with Gasteiger partial charge >= 0.3 is 0 Å². The molecule has 0 atom stereocenters. The summed E-state index contributed by atoms with van der Waals surface area (Å²) in [6, 6.07) is 0. The van der Waals surface area contributed by atoms with Gasteiger partial charge in [-0.1, -0.05) is 6.08 Å². The molecule has 0 aliphatic rings. The second kappa shape index (κ2) is 7.62. The van der Waals surface area contributed by atoms with E-state index in [1.54, 1.807) is 6.08 Å². The molecule has 9 heavy (non-hydrogen) atoms. The SMILES string of the molecule is C=CCOCOCCO. The van der Waals surface area contributed by atoms with Crippen LogP contribution in [0.2, 0.25) is 0 Å². The maximum atomic E-state index is 8.22. The molecule has 0 fully saturated rings. The average Bonchev–Trinajstić information content (AvgIpc) is 1.89. The first-order valence-corrected chi connectivity index (χ1v) is 2.79. The predicted molar refractivity (Wildman–Crippen MR) is 34.1 cm³/mol. The summed E-state index contributed by atoms with van der Waals surface area (Å²) < 4.78 is 9.60. The summed E-state index contributed by atoms with van der Waals surface area (Å²) in [5.41, 5.74) is 0. The lowest BCUT2D eigenvalue weighted by Crippen LogP contribution is -2.03. The summed E-state index contributed by atoms with van der Waals surface area (Å²) in [6.45, 7) is 4.54. The van der Waals surface area contributed by atoms with E-state index in [1.807, 2.05) is 0 Å². The van der Waals surface area contributed by atoms with Gasteiger partial charge in [0, 0.05) is 0 Å². The van der Waals surface area contributed by atoms with Crippen molar-refractivity contribution in [2.24, 2.45) is 0 Å². The van der Waals surface area contributed by atoms with Crippen molar-refractivity contribution in [2.75, 3.05) is 26.6 Å². The Morgan fingerprint density at radius 3 is 2.78 bits per heavy atom. The first-order chi connectivity index (χ1) is 4.41. The lowest BCUT2D eigenvalue weighted by molar-refractivity contribution is -0.0532. The van der Waals surface area contributed by atoms with Gasteiger partial charge < -0.3 is 14.6 Å². The zero-order valence-corrected chi connectivity index (χ0v) is 5.38. The van der Waals surface area contributed by atoms with Crippen LogP contribution < -0.4 is 0 Å². The molecule has 54 valence electrons. The molecule has 0 unspecified atom stereocenters. The number of rotatable bonds is 6. The van der Waals surface area contributed by atoms with E-state index in [2.05, 4.69) is 6.58 Å². The van der Waals surface area contributed by atoms with Gasteiger partial charge in [-0.25, -0.2) is 0 Å². The van der Waals surface area contributed by atoms with Crippen molar-refractivity contribution in [1.82, 2.24) is 0 Å². The van der Waals surface area contributed by atoms with E-state index in [0.29, 0.717) is 13.2 Å². The van der Waals surface area contributed by atoms with Gasteiger partial charge in [0.25, 0.3) is 0 Å². The van der Waals surface area contributed by atoms with E-state index >= 15 is 0 Å². The van der Waals surface area contributed by atoms with Crippen molar-refractivity contribution in [3.8, 4) is 0 Å². The minimum absolute atomic E-state index is 0.0391. The third-order valence-electron chi connectivity index (χ3n) is 0.638. The van der Waals surface area contributed by atoms with Crippen LogP contribution in [-0.2, 0) is 9.47 Å². The highest BCUT2D eigenvalue weighted by Gasteiger charge is 1.82. The molecule has 0 bridgehead atoms. The molecule has 0 radical (unpaired) electrons. The van der Waals surface area contributed by atoms with Gasteiger partial charge in [0.2, 0.25) is 0 Å². The van der Waals surface area contributed by atoms with Gasteiger partial charge in [0.05, 0.1) is 19.8 Å². The summed E-state index contributed by atoms with van der Waals surface area (Å²) >= 11 is 0. The van der Waals surface area contributed by atoms with Crippen LogP contribution >= 0.6 is 0 Å². The van der Waals surface area contributed by atoms with E-state index < -0.39 is 0 Å². The Kier molecular flexibility index (Phi) is 7.30. The molecular weight excluding hydrogens is 120 g/mol. The van der Waals surface area contributed by atoms with E-state index in [1.165, 1.54) is 0 Å². The summed E-state index contributed by atoms with van der Waals surface area (Å²) in [5.74, 6) is 0. The van der Waals surface area contributed by atoms with Gasteiger partial charge in [-0.05, 0) is 0 Å². The topological polar surface area (TPSA) is 38.7 Å². The molecule has 0 amide bonds. The predicted octanol–water partition coefficient (Wildman–Crippen LogP) is 0.155. The van der Waals surface area contributed by atoms with Crippen LogP contribution in [0.5, 0.6) is 0 Å². The standard InChI is InChI=1S/C6H12O3/c1-2-4-8-6-9-5-3-7/h2,7H,1,3-6H2. The Bertz CT molecular complexity index is 63.3. The minimum Gasteiger partial charge on any atom is -0.394 e. The Hall–Kier alpha value is -0.380. The maximum Gasteiger partial charge on any atom is 0.147 e. The van der Waals surface area contributed by atoms with Crippen LogP contribution in [0, 0.1) is 0 Å². The summed E-state index contributed by atoms with van der Waals surface area (Å²) in [4.78, 5) is 0. The smallest absolute Gasteiger partial charge is 0.147 e. The third-order valence-corrected chi connectivity index (χ3v) is 0.638. The number of aliphatic hydroxyl groups excluding tert-OH is 1. The van der Waals surface area contributed by atoms with E-state index in [0.717, 1.165) is 0 Å². The number of aliphatic hydroxyl groups is 1. The molecule has 0 saturated carbocycles. The molecular formula is C6H12O3. The molecule has 0 aromatic rings. The van der Waals surface area contributed by atoms with Crippen LogP contribution in [0.15, 0.2) is 12.7 Å². The Morgan fingerprint density at radius 1 is 1.44 bits per heavy atom. The van der Waals surface area contributed by atoms with E-state index in [9.17, 15) is 0 Å². The normalized spacial score (nSPS) is 9.44. The summed E-state index contributed by atoms with van der Waals surface area (Å²) in [5, 5.41) is 8.22. The van der Waals surface area contributed by atoms with Crippen LogP contribution in [-0.4, -0.2) is 31.7 Å². The lowest BCUT2D eigenvalue weighted by Gasteiger charge is -1.99. The van der Waals surface area contributed by atoms with Crippen molar-refractivity contribution in [1.29, 1.82) is 0 Å². The Labute approximate surface area is 54.9 Å². The average molecular weight is 132 g/mol. The largest absolute Gasteiger partial charge is 0.394 e. The lowest BCUT2D eigenvalue weighted by atomic mass is 10.7. The number of hydrogen-bond donors (Lipinski definition) is 1. The second-order valence-electron chi connectivity index (χ2n) is 1.41. The maximum absolute atomic E-state index is 8.22. The second-order valence-corrected chi connectivity index (χ2v) is 1.41. The zero-order chi connectivity index (χ0) is 6.95. The van der Waals surface area contributed by atoms with Crippen molar-refractivity contribution < 1.29 is 14.6 Å². The van der Waals surface area contributed by atoms with Gasteiger partial charge in [-0.15, -0.1) is 6.58 Å². The van der Waals surface area contributed by atoms with Crippen molar-refractivity contribution in [2.45, 2.75) is 0 Å². The number of ether oxygens (including phenoxy) is 2. The van der Waals surface area contributed by atoms with Gasteiger partial charge in [0.1, 0.15) is 6.79 Å². The highest BCUT2D eigenvalue weighted by atomic mass is 16.7. The van der Waals surface area contributed by atoms with Crippen LogP contribution in [0.4, 0.5) is 0 Å². The molecule has 0 aromatic heterocycles. The molecule has 0 spiro atoms. The van der Waals surface area contributed by atoms with Crippen LogP contribution in [0.25, 0.3) is 0 Å². The molecule has 0 heterocycles. The van der Waals surface area contributed by atoms with Crippen molar-refractivity contribution in [3.63, 3.8) is 0 Å². The van der Waals surface area contributed by atoms with E-state index in [-0.39, 0.29) is 13.4 Å². The molecule has 0 aromatic carbocycles. The fourth-order valence-corrected chi connectivity index (χ4v) is 0.314. The van der Waals surface area contributed by atoms with Gasteiger partial charge in [-0.3, -0.25) is 0 Å². The fourth-order valence-electron chi connectivity index (χ4n) is 0.314. The molecule has 3 heteroatoms. The zero-order valence-electron chi connectivity index (χ0n) is 5.38. The quantitative estimate of drug-likeness (QED) is 0.318. The van der Waals surface area contributed by atoms with Crippen molar-refractivity contribution in [3.05, 3.63) is 12.7 Å². The molecule has 0 saturated heterocycles. The Morgan fingerprint density at radius 2 is 2.22 bits per heavy atom. The summed E-state index contributed by atoms with van der Waals surface area (Å²) in [7, 11) is 0. The monoisotopic (exact) mass is 132 g/mol. The summed E-state index contributed by atoms with van der Waals surface area (Å²) in [6.07, 6.45) is 1.64. The Balaban J connectivity index is 2.66. The highest BCUT2D eigenvalue weighted by Crippen LogP contribution is 1.76. The fraction of sp³-hybridized carbons (Fsp3) is 0.667. The number of hydrogen-bond acceptors (Lipinski definition) is 3. The molecule has 0 aliphatic carbocycles. The highest BCUT2D eigenvalue weighted by molar-refractivity contribution is 4.62. The first-order valence-electron chi connectivity index (χ1n) is 2.79. The minimum atomic E-state index is 0.0391. The van der Waals surface area contributed by atoms with Gasteiger partial charge in [-0.2, -0.15) is 0 Å².